The molecule has 0 aliphatic rings. The number of hydrogen-bond donors (Lipinski definition) is 1. The Morgan fingerprint density at radius 2 is 2.12 bits per heavy atom. The molecule has 0 aliphatic heterocycles. The van der Waals surface area contributed by atoms with Gasteiger partial charge in [-0.05, 0) is 6.07 Å². The third-order valence-electron chi connectivity index (χ3n) is 2.16. The molecule has 0 saturated heterocycles. The number of hydrogen-bond acceptors (Lipinski definition) is 2. The highest BCUT2D eigenvalue weighted by Crippen LogP contribution is 2.29. The van der Waals surface area contributed by atoms with Crippen molar-refractivity contribution >= 4 is 28.5 Å². The second kappa shape index (κ2) is 3.75. The van der Waals surface area contributed by atoms with Crippen molar-refractivity contribution in [3.05, 3.63) is 34.5 Å². The zero-order valence-corrected chi connectivity index (χ0v) is 8.86. The predicted molar refractivity (Wildman–Crippen MR) is 54.6 cm³/mol. The maximum Gasteiger partial charge on any atom is 0.354 e. The Balaban J connectivity index is 2.71. The van der Waals surface area contributed by atoms with Crippen molar-refractivity contribution < 1.29 is 18.3 Å². The molecule has 1 aromatic heterocycles. The fraction of sp³-hybridized carbons (Fsp3) is 0.100. The quantitative estimate of drug-likeness (QED) is 0.620. The Morgan fingerprint density at radius 1 is 1.44 bits per heavy atom. The molecule has 0 fully saturated rings. The molecule has 1 N–H and O–H groups in total. The van der Waals surface area contributed by atoms with Crippen molar-refractivity contribution in [2.24, 2.45) is 0 Å². The van der Waals surface area contributed by atoms with Crippen LogP contribution < -0.4 is 0 Å². The number of aromatic amines is 1. The average molecular weight is 246 g/mol. The molecular formula is C10H6ClF2NO2. The minimum absolute atomic E-state index is 0.0874. The van der Waals surface area contributed by atoms with Gasteiger partial charge in [0, 0.05) is 11.5 Å². The van der Waals surface area contributed by atoms with E-state index < -0.39 is 17.6 Å². The van der Waals surface area contributed by atoms with Gasteiger partial charge in [0.2, 0.25) is 0 Å². The molecule has 0 spiro atoms. The van der Waals surface area contributed by atoms with Crippen molar-refractivity contribution in [1.29, 1.82) is 0 Å². The number of rotatable bonds is 1. The van der Waals surface area contributed by atoms with E-state index in [1.54, 1.807) is 0 Å². The summed E-state index contributed by atoms with van der Waals surface area (Å²) in [7, 11) is 1.20. The van der Waals surface area contributed by atoms with Gasteiger partial charge < -0.3 is 9.72 Å². The maximum atomic E-state index is 13.1. The van der Waals surface area contributed by atoms with Gasteiger partial charge in [0.05, 0.1) is 17.6 Å². The minimum Gasteiger partial charge on any atom is -0.464 e. The second-order valence-corrected chi connectivity index (χ2v) is 3.50. The van der Waals surface area contributed by atoms with Crippen LogP contribution >= 0.6 is 11.6 Å². The molecule has 0 unspecified atom stereocenters. The SMILES string of the molecule is COC(=O)c1cc2c(Cl)c(F)c(F)cc2[nH]1. The molecule has 84 valence electrons. The number of H-pyrrole nitrogens is 1. The molecule has 0 atom stereocenters. The van der Waals surface area contributed by atoms with Gasteiger partial charge in [-0.1, -0.05) is 11.6 Å². The summed E-state index contributed by atoms with van der Waals surface area (Å²) in [6.45, 7) is 0. The summed E-state index contributed by atoms with van der Waals surface area (Å²) in [4.78, 5) is 13.8. The van der Waals surface area contributed by atoms with Crippen molar-refractivity contribution in [1.82, 2.24) is 4.98 Å². The van der Waals surface area contributed by atoms with Crippen LogP contribution in [0.25, 0.3) is 10.9 Å². The van der Waals surface area contributed by atoms with E-state index in [0.29, 0.717) is 0 Å². The van der Waals surface area contributed by atoms with E-state index in [9.17, 15) is 13.6 Å². The van der Waals surface area contributed by atoms with E-state index in [1.807, 2.05) is 0 Å². The summed E-state index contributed by atoms with van der Waals surface area (Å²) < 4.78 is 30.6. The Labute approximate surface area is 94.0 Å². The molecule has 3 nitrogen and oxygen atoms in total. The highest BCUT2D eigenvalue weighted by atomic mass is 35.5. The first-order chi connectivity index (χ1) is 7.54. The van der Waals surface area contributed by atoms with Crippen LogP contribution in [0, 0.1) is 11.6 Å². The summed E-state index contributed by atoms with van der Waals surface area (Å²) >= 11 is 5.61. The first-order valence-corrected chi connectivity index (χ1v) is 4.67. The number of carbonyl (C=O) groups is 1. The van der Waals surface area contributed by atoms with Crippen molar-refractivity contribution in [3.63, 3.8) is 0 Å². The summed E-state index contributed by atoms with van der Waals surface area (Å²) in [6.07, 6.45) is 0. The monoisotopic (exact) mass is 245 g/mol. The van der Waals surface area contributed by atoms with Gasteiger partial charge in [0.25, 0.3) is 0 Å². The van der Waals surface area contributed by atoms with Gasteiger partial charge in [-0.15, -0.1) is 0 Å². The molecule has 0 saturated carbocycles. The summed E-state index contributed by atoms with van der Waals surface area (Å²) in [5.41, 5.74) is 0.328. The molecule has 2 rings (SSSR count). The second-order valence-electron chi connectivity index (χ2n) is 3.12. The fourth-order valence-corrected chi connectivity index (χ4v) is 1.65. The lowest BCUT2D eigenvalue weighted by molar-refractivity contribution is 0.0595. The predicted octanol–water partition coefficient (Wildman–Crippen LogP) is 2.89. The summed E-state index contributed by atoms with van der Waals surface area (Å²) in [5, 5.41) is -0.123. The first-order valence-electron chi connectivity index (χ1n) is 4.29. The summed E-state index contributed by atoms with van der Waals surface area (Å²) in [5.74, 6) is -2.84. The van der Waals surface area contributed by atoms with E-state index in [2.05, 4.69) is 9.72 Å². The smallest absolute Gasteiger partial charge is 0.354 e. The molecule has 1 heterocycles. The normalized spacial score (nSPS) is 10.8. The van der Waals surface area contributed by atoms with Gasteiger partial charge in [0.1, 0.15) is 5.69 Å². The van der Waals surface area contributed by atoms with E-state index >= 15 is 0 Å². The number of esters is 1. The lowest BCUT2D eigenvalue weighted by Crippen LogP contribution is -2.00. The van der Waals surface area contributed by atoms with Gasteiger partial charge >= 0.3 is 5.97 Å². The van der Waals surface area contributed by atoms with Crippen LogP contribution in [0.15, 0.2) is 12.1 Å². The first kappa shape index (κ1) is 10.9. The largest absolute Gasteiger partial charge is 0.464 e. The van der Waals surface area contributed by atoms with Gasteiger partial charge in [0.15, 0.2) is 11.6 Å². The van der Waals surface area contributed by atoms with Crippen LogP contribution in [0.1, 0.15) is 10.5 Å². The van der Waals surface area contributed by atoms with Gasteiger partial charge in [-0.3, -0.25) is 0 Å². The van der Waals surface area contributed by atoms with Crippen LogP contribution in [0.4, 0.5) is 8.78 Å². The number of benzene rings is 1. The lowest BCUT2D eigenvalue weighted by Gasteiger charge is -1.97. The average Bonchev–Trinajstić information content (AvgIpc) is 2.69. The molecule has 0 bridgehead atoms. The van der Waals surface area contributed by atoms with Crippen LogP contribution in [0.3, 0.4) is 0 Å². The number of carbonyl (C=O) groups excluding carboxylic acids is 1. The minimum atomic E-state index is -1.13. The molecule has 6 heteroatoms. The van der Waals surface area contributed by atoms with Crippen molar-refractivity contribution in [2.75, 3.05) is 7.11 Å². The number of halogens is 3. The van der Waals surface area contributed by atoms with Gasteiger partial charge in [-0.2, -0.15) is 0 Å². The molecule has 0 radical (unpaired) electrons. The van der Waals surface area contributed by atoms with Crippen LogP contribution in [0.5, 0.6) is 0 Å². The maximum absolute atomic E-state index is 13.1. The Hall–Kier alpha value is -1.62. The Morgan fingerprint density at radius 3 is 2.75 bits per heavy atom. The topological polar surface area (TPSA) is 42.1 Å². The van der Waals surface area contributed by atoms with Crippen LogP contribution in [-0.4, -0.2) is 18.1 Å². The molecule has 2 aromatic rings. The summed E-state index contributed by atoms with van der Waals surface area (Å²) in [6, 6.07) is 2.25. The zero-order valence-electron chi connectivity index (χ0n) is 8.11. The van der Waals surface area contributed by atoms with Gasteiger partial charge in [-0.25, -0.2) is 13.6 Å². The third-order valence-corrected chi connectivity index (χ3v) is 2.53. The standard InChI is InChI=1S/C10H6ClF2NO2/c1-16-10(15)7-2-4-6(14-7)3-5(12)9(13)8(4)11/h2-3,14H,1H3. The molecular weight excluding hydrogens is 240 g/mol. The highest BCUT2D eigenvalue weighted by molar-refractivity contribution is 6.35. The van der Waals surface area contributed by atoms with E-state index in [0.717, 1.165) is 6.07 Å². The molecule has 16 heavy (non-hydrogen) atoms. The number of methoxy groups -OCH3 is 1. The highest BCUT2D eigenvalue weighted by Gasteiger charge is 2.16. The molecule has 0 amide bonds. The van der Waals surface area contributed by atoms with E-state index in [4.69, 9.17) is 11.6 Å². The Bertz CT molecular complexity index is 580. The molecule has 1 aromatic carbocycles. The number of nitrogens with one attached hydrogen (secondary N) is 1. The van der Waals surface area contributed by atoms with Crippen LogP contribution in [-0.2, 0) is 4.74 Å². The fourth-order valence-electron chi connectivity index (χ4n) is 1.40. The van der Waals surface area contributed by atoms with E-state index in [-0.39, 0.29) is 21.6 Å². The number of ether oxygens (including phenoxy) is 1. The number of aromatic nitrogens is 1. The molecule has 0 aliphatic carbocycles. The third kappa shape index (κ3) is 1.53. The lowest BCUT2D eigenvalue weighted by atomic mass is 10.2. The Kier molecular flexibility index (Phi) is 2.55. The van der Waals surface area contributed by atoms with Crippen molar-refractivity contribution in [2.45, 2.75) is 0 Å². The van der Waals surface area contributed by atoms with Crippen LogP contribution in [0.2, 0.25) is 5.02 Å². The zero-order chi connectivity index (χ0) is 11.9. The number of fused-ring (bicyclic) bond motifs is 1. The van der Waals surface area contributed by atoms with Crippen molar-refractivity contribution in [3.8, 4) is 0 Å². The van der Waals surface area contributed by atoms with E-state index in [1.165, 1.54) is 13.2 Å².